The second kappa shape index (κ2) is 15.8. The van der Waals surface area contributed by atoms with Gasteiger partial charge in [-0.2, -0.15) is 0 Å². The van der Waals surface area contributed by atoms with Crippen LogP contribution in [0.5, 0.6) is 0 Å². The van der Waals surface area contributed by atoms with Crippen LogP contribution in [0.4, 0.5) is 16.2 Å². The molecule has 3 heterocycles. The number of hydrogen-bond donors (Lipinski definition) is 2. The molecule has 12 heteroatoms. The Balaban J connectivity index is 1.20. The van der Waals surface area contributed by atoms with E-state index >= 15 is 0 Å². The van der Waals surface area contributed by atoms with Crippen LogP contribution in [0.15, 0.2) is 70.9 Å². The van der Waals surface area contributed by atoms with Crippen LogP contribution in [0.25, 0.3) is 0 Å². The fraction of sp³-hybridized carbons (Fsp3) is 0.471. The normalized spacial score (nSPS) is 18.5. The van der Waals surface area contributed by atoms with Crippen LogP contribution in [-0.4, -0.2) is 129 Å². The van der Waals surface area contributed by atoms with E-state index in [1.807, 2.05) is 36.1 Å². The molecule has 3 aliphatic rings. The molecule has 0 atom stereocenters. The summed E-state index contributed by atoms with van der Waals surface area (Å²) in [7, 11) is 4.17. The Hall–Kier alpha value is -4.26. The summed E-state index contributed by atoms with van der Waals surface area (Å²) in [5, 5.41) is 5.72. The molecule has 3 fully saturated rings. The lowest BCUT2D eigenvalue weighted by Crippen LogP contribution is -2.44. The third-order valence-corrected chi connectivity index (χ3v) is 8.62. The lowest BCUT2D eigenvalue weighted by Gasteiger charge is -2.35. The minimum Gasteiger partial charge on any atom is -0.378 e. The van der Waals surface area contributed by atoms with Gasteiger partial charge in [0.05, 0.1) is 26.4 Å². The molecule has 5 rings (SSSR count). The van der Waals surface area contributed by atoms with Crippen molar-refractivity contribution in [3.63, 3.8) is 0 Å². The summed E-state index contributed by atoms with van der Waals surface area (Å²) in [6.45, 7) is 13.3. The first kappa shape index (κ1) is 33.1. The molecule has 3 saturated heterocycles. The summed E-state index contributed by atoms with van der Waals surface area (Å²) >= 11 is 0. The monoisotopic (exact) mass is 630 g/mol. The van der Waals surface area contributed by atoms with Crippen LogP contribution < -0.4 is 10.6 Å². The Kier molecular flexibility index (Phi) is 11.4. The average molecular weight is 631 g/mol. The van der Waals surface area contributed by atoms with E-state index < -0.39 is 0 Å². The highest BCUT2D eigenvalue weighted by Gasteiger charge is 2.24. The highest BCUT2D eigenvalue weighted by atomic mass is 16.5. The zero-order chi connectivity index (χ0) is 32.5. The van der Waals surface area contributed by atoms with Crippen LogP contribution in [0.2, 0.25) is 0 Å². The number of piperidine rings is 1. The van der Waals surface area contributed by atoms with Crippen molar-refractivity contribution in [1.29, 1.82) is 0 Å². The Labute approximate surface area is 271 Å². The Morgan fingerprint density at radius 1 is 0.739 bits per heavy atom. The van der Waals surface area contributed by atoms with E-state index in [1.54, 1.807) is 24.3 Å². The maximum absolute atomic E-state index is 13.0. The number of rotatable bonds is 7. The standard InChI is InChI=1S/C34H46N8O4/c1-25(40-17-21-45-22-18-40)35-32(36-26(2)41-19-23-46-24-20-41)27-5-9-29(10-6-27)37-34(44)38-30-11-7-28(8-12-30)33(43)42-15-13-31(14-16-42)39(3)4/h5-12,31H,1,13-24H2,2-4H3,(H2,37,38,44)/b35-32-,36-26?. The van der Waals surface area contributed by atoms with Gasteiger partial charge in [-0.3, -0.25) is 4.79 Å². The molecular weight excluding hydrogens is 584 g/mol. The van der Waals surface area contributed by atoms with Crippen molar-refractivity contribution in [3.05, 3.63) is 72.1 Å². The van der Waals surface area contributed by atoms with Gasteiger partial charge in [-0.25, -0.2) is 14.8 Å². The number of nitrogens with one attached hydrogen (secondary N) is 2. The van der Waals surface area contributed by atoms with Crippen molar-refractivity contribution in [1.82, 2.24) is 19.6 Å². The van der Waals surface area contributed by atoms with E-state index in [9.17, 15) is 9.59 Å². The van der Waals surface area contributed by atoms with Gasteiger partial charge in [0.2, 0.25) is 0 Å². The summed E-state index contributed by atoms with van der Waals surface area (Å²) in [5.74, 6) is 2.07. The van der Waals surface area contributed by atoms with Gasteiger partial charge < -0.3 is 39.7 Å². The zero-order valence-corrected chi connectivity index (χ0v) is 27.2. The van der Waals surface area contributed by atoms with Crippen LogP contribution in [0.3, 0.4) is 0 Å². The first-order chi connectivity index (χ1) is 22.3. The van der Waals surface area contributed by atoms with E-state index in [0.29, 0.717) is 61.1 Å². The van der Waals surface area contributed by atoms with Crippen LogP contribution in [0, 0.1) is 0 Å². The molecule has 12 nitrogen and oxygen atoms in total. The van der Waals surface area contributed by atoms with E-state index in [-0.39, 0.29) is 11.9 Å². The summed E-state index contributed by atoms with van der Waals surface area (Å²) in [6, 6.07) is 14.6. The van der Waals surface area contributed by atoms with E-state index in [1.165, 1.54) is 0 Å². The number of aliphatic imine (C=N–C) groups is 2. The number of benzene rings is 2. The molecule has 0 unspecified atom stereocenters. The van der Waals surface area contributed by atoms with Gasteiger partial charge in [0.25, 0.3) is 5.91 Å². The number of urea groups is 1. The summed E-state index contributed by atoms with van der Waals surface area (Å²) < 4.78 is 11.0. The van der Waals surface area contributed by atoms with Gasteiger partial charge in [-0.05, 0) is 82.4 Å². The highest BCUT2D eigenvalue weighted by Crippen LogP contribution is 2.19. The number of carbonyl (C=O) groups excluding carboxylic acids is 2. The molecule has 2 N–H and O–H groups in total. The third-order valence-electron chi connectivity index (χ3n) is 8.62. The maximum atomic E-state index is 13.0. The minimum atomic E-state index is -0.381. The molecule has 0 saturated carbocycles. The summed E-state index contributed by atoms with van der Waals surface area (Å²) in [6.07, 6.45) is 1.94. The largest absolute Gasteiger partial charge is 0.378 e. The molecule has 0 radical (unpaired) electrons. The number of anilines is 2. The van der Waals surface area contributed by atoms with Crippen LogP contribution in [0.1, 0.15) is 35.7 Å². The Morgan fingerprint density at radius 3 is 1.76 bits per heavy atom. The number of hydrogen-bond acceptors (Lipinski definition) is 7. The van der Waals surface area contributed by atoms with Crippen molar-refractivity contribution in [2.75, 3.05) is 90.4 Å². The van der Waals surface area contributed by atoms with E-state index in [2.05, 4.69) is 46.0 Å². The molecular formula is C34H46N8O4. The number of nitrogens with zero attached hydrogens (tertiary/aromatic N) is 6. The number of ether oxygens (including phenoxy) is 2. The molecule has 2 aromatic carbocycles. The van der Waals surface area contributed by atoms with Crippen LogP contribution in [-0.2, 0) is 9.47 Å². The summed E-state index contributed by atoms with van der Waals surface area (Å²) in [4.78, 5) is 43.9. The van der Waals surface area contributed by atoms with Gasteiger partial charge >= 0.3 is 6.03 Å². The van der Waals surface area contributed by atoms with Gasteiger partial charge in [-0.1, -0.05) is 6.58 Å². The quantitative estimate of drug-likeness (QED) is 0.354. The van der Waals surface area contributed by atoms with Gasteiger partial charge in [-0.15, -0.1) is 0 Å². The van der Waals surface area contributed by atoms with Crippen molar-refractivity contribution in [2.45, 2.75) is 25.8 Å². The molecule has 2 aromatic rings. The van der Waals surface area contributed by atoms with Gasteiger partial charge in [0, 0.05) is 67.8 Å². The molecule has 0 aliphatic carbocycles. The molecule has 246 valence electrons. The number of carbonyl (C=O) groups is 2. The molecule has 0 aromatic heterocycles. The smallest absolute Gasteiger partial charge is 0.323 e. The van der Waals surface area contributed by atoms with Crippen molar-refractivity contribution >= 4 is 35.0 Å². The van der Waals surface area contributed by atoms with Gasteiger partial charge in [0.15, 0.2) is 5.84 Å². The maximum Gasteiger partial charge on any atom is 0.323 e. The predicted molar refractivity (Wildman–Crippen MR) is 182 cm³/mol. The third kappa shape index (κ3) is 8.93. The molecule has 0 bridgehead atoms. The molecule has 3 aliphatic heterocycles. The topological polar surface area (TPSA) is 114 Å². The Morgan fingerprint density at radius 2 is 1.24 bits per heavy atom. The Bertz CT molecular complexity index is 1400. The SMILES string of the molecule is C=C(/N=C(\N=C(C)N1CCOCC1)c1ccc(NC(=O)Nc2ccc(C(=O)N3CCC(N(C)C)CC3)cc2)cc1)N1CCOCC1. The van der Waals surface area contributed by atoms with Crippen molar-refractivity contribution in [3.8, 4) is 0 Å². The van der Waals surface area contributed by atoms with E-state index in [0.717, 1.165) is 63.5 Å². The second-order valence-corrected chi connectivity index (χ2v) is 11.9. The first-order valence-corrected chi connectivity index (χ1v) is 16.0. The van der Waals surface area contributed by atoms with Gasteiger partial charge in [0.1, 0.15) is 11.7 Å². The lowest BCUT2D eigenvalue weighted by atomic mass is 10.0. The first-order valence-electron chi connectivity index (χ1n) is 16.0. The van der Waals surface area contributed by atoms with Crippen molar-refractivity contribution < 1.29 is 19.1 Å². The number of likely N-dealkylation sites (tertiary alicyclic amines) is 1. The van der Waals surface area contributed by atoms with Crippen molar-refractivity contribution in [2.24, 2.45) is 9.98 Å². The average Bonchev–Trinajstić information content (AvgIpc) is 3.09. The number of morpholine rings is 2. The minimum absolute atomic E-state index is 0.0224. The second-order valence-electron chi connectivity index (χ2n) is 11.9. The molecule has 0 spiro atoms. The fourth-order valence-electron chi connectivity index (χ4n) is 5.74. The number of amides is 3. The zero-order valence-electron chi connectivity index (χ0n) is 27.2. The molecule has 3 amide bonds. The molecule has 46 heavy (non-hydrogen) atoms. The number of amidine groups is 2. The van der Waals surface area contributed by atoms with Crippen LogP contribution >= 0.6 is 0 Å². The fourth-order valence-corrected chi connectivity index (χ4v) is 5.74. The predicted octanol–water partition coefficient (Wildman–Crippen LogP) is 3.80. The lowest BCUT2D eigenvalue weighted by molar-refractivity contribution is 0.0534. The highest BCUT2D eigenvalue weighted by molar-refractivity contribution is 6.07. The van der Waals surface area contributed by atoms with E-state index in [4.69, 9.17) is 19.5 Å². The summed E-state index contributed by atoms with van der Waals surface area (Å²) in [5.41, 5.74) is 2.64.